The van der Waals surface area contributed by atoms with Crippen molar-refractivity contribution >= 4 is 17.6 Å². The number of nitrogen functional groups attached to an aromatic ring is 1. The molecule has 2 heterocycles. The maximum Gasteiger partial charge on any atom is 0.255 e. The number of nitrogens with zero attached hydrogens (tertiary/aromatic N) is 3. The number of nitrogens with one attached hydrogen (secondary N) is 2. The van der Waals surface area contributed by atoms with Gasteiger partial charge in [-0.1, -0.05) is 37.3 Å². The smallest absolute Gasteiger partial charge is 0.255 e. The van der Waals surface area contributed by atoms with Crippen LogP contribution in [-0.4, -0.2) is 45.3 Å². The van der Waals surface area contributed by atoms with E-state index in [0.717, 1.165) is 17.5 Å². The van der Waals surface area contributed by atoms with Crippen molar-refractivity contribution in [1.82, 2.24) is 25.4 Å². The van der Waals surface area contributed by atoms with Crippen LogP contribution in [0.1, 0.15) is 36.2 Å². The summed E-state index contributed by atoms with van der Waals surface area (Å²) < 4.78 is 7.58. The Balaban J connectivity index is 1.78. The highest BCUT2D eigenvalue weighted by atomic mass is 16.5. The third-order valence-electron chi connectivity index (χ3n) is 5.14. The lowest BCUT2D eigenvalue weighted by Crippen LogP contribution is -2.53. The van der Waals surface area contributed by atoms with E-state index < -0.39 is 18.1 Å². The summed E-state index contributed by atoms with van der Waals surface area (Å²) in [7, 11) is 1.80. The van der Waals surface area contributed by atoms with Gasteiger partial charge in [-0.05, 0) is 25.0 Å². The predicted octanol–water partition coefficient (Wildman–Crippen LogP) is 2.29. The first-order chi connectivity index (χ1) is 15.9. The fraction of sp³-hybridized carbons (Fsp3) is 0.333. The number of hydrogen-bond acceptors (Lipinski definition) is 6. The SMILES string of the molecule is CCCNC(=O)C(NC(=O)c1cc(-c2cnn(C)c2)cnc1N)[C@@H](C)OCc1ccccc1. The van der Waals surface area contributed by atoms with Crippen LogP contribution in [0.2, 0.25) is 0 Å². The molecule has 4 N–H and O–H groups in total. The number of ether oxygens (including phenoxy) is 1. The molecule has 3 rings (SSSR count). The van der Waals surface area contributed by atoms with Gasteiger partial charge in [-0.3, -0.25) is 14.3 Å². The Hall–Kier alpha value is -3.72. The molecule has 0 aliphatic heterocycles. The van der Waals surface area contributed by atoms with Crippen molar-refractivity contribution in [3.05, 3.63) is 66.1 Å². The summed E-state index contributed by atoms with van der Waals surface area (Å²) in [5.74, 6) is -0.746. The van der Waals surface area contributed by atoms with Gasteiger partial charge in [0.1, 0.15) is 11.9 Å². The van der Waals surface area contributed by atoms with Crippen molar-refractivity contribution in [3.8, 4) is 11.1 Å². The molecule has 2 amide bonds. The van der Waals surface area contributed by atoms with Gasteiger partial charge in [-0.2, -0.15) is 5.10 Å². The van der Waals surface area contributed by atoms with Crippen LogP contribution in [0.15, 0.2) is 55.0 Å². The van der Waals surface area contributed by atoms with E-state index in [4.69, 9.17) is 10.5 Å². The maximum absolute atomic E-state index is 13.1. The number of nitrogens with two attached hydrogens (primary N) is 1. The monoisotopic (exact) mass is 450 g/mol. The molecule has 1 unspecified atom stereocenters. The highest BCUT2D eigenvalue weighted by Gasteiger charge is 2.29. The lowest BCUT2D eigenvalue weighted by atomic mass is 10.1. The minimum Gasteiger partial charge on any atom is -0.383 e. The quantitative estimate of drug-likeness (QED) is 0.435. The molecule has 2 aromatic heterocycles. The molecule has 0 aliphatic rings. The van der Waals surface area contributed by atoms with E-state index in [-0.39, 0.29) is 17.3 Å². The first kappa shape index (κ1) is 23.9. The lowest BCUT2D eigenvalue weighted by Gasteiger charge is -2.25. The van der Waals surface area contributed by atoms with Gasteiger partial charge in [0.2, 0.25) is 5.91 Å². The summed E-state index contributed by atoms with van der Waals surface area (Å²) in [6.45, 7) is 4.53. The number of aromatic nitrogens is 3. The zero-order chi connectivity index (χ0) is 23.8. The van der Waals surface area contributed by atoms with Gasteiger partial charge in [-0.15, -0.1) is 0 Å². The molecular formula is C24H30N6O3. The summed E-state index contributed by atoms with van der Waals surface area (Å²) in [6.07, 6.45) is 5.27. The van der Waals surface area contributed by atoms with Gasteiger partial charge in [-0.25, -0.2) is 4.98 Å². The van der Waals surface area contributed by atoms with Crippen molar-refractivity contribution in [2.24, 2.45) is 7.05 Å². The first-order valence-electron chi connectivity index (χ1n) is 10.9. The van der Waals surface area contributed by atoms with E-state index in [9.17, 15) is 9.59 Å². The highest BCUT2D eigenvalue weighted by molar-refractivity contribution is 6.01. The van der Waals surface area contributed by atoms with Gasteiger partial charge >= 0.3 is 0 Å². The third-order valence-corrected chi connectivity index (χ3v) is 5.14. The molecule has 0 spiro atoms. The highest BCUT2D eigenvalue weighted by Crippen LogP contribution is 2.21. The number of aryl methyl sites for hydroxylation is 1. The molecule has 0 aliphatic carbocycles. The number of carbonyl (C=O) groups excluding carboxylic acids is 2. The Morgan fingerprint density at radius 2 is 1.94 bits per heavy atom. The number of pyridine rings is 1. The predicted molar refractivity (Wildman–Crippen MR) is 126 cm³/mol. The van der Waals surface area contributed by atoms with Crippen LogP contribution in [0.25, 0.3) is 11.1 Å². The summed E-state index contributed by atoms with van der Waals surface area (Å²) in [5.41, 5.74) is 8.64. The van der Waals surface area contributed by atoms with E-state index >= 15 is 0 Å². The molecule has 3 aromatic rings. The Bertz CT molecular complexity index is 1080. The maximum atomic E-state index is 13.1. The molecule has 33 heavy (non-hydrogen) atoms. The van der Waals surface area contributed by atoms with E-state index in [0.29, 0.717) is 18.7 Å². The van der Waals surface area contributed by atoms with Crippen LogP contribution in [0, 0.1) is 0 Å². The Morgan fingerprint density at radius 1 is 1.18 bits per heavy atom. The number of carbonyl (C=O) groups is 2. The van der Waals surface area contributed by atoms with Crippen LogP contribution in [0.4, 0.5) is 5.82 Å². The fourth-order valence-corrected chi connectivity index (χ4v) is 3.26. The molecular weight excluding hydrogens is 420 g/mol. The zero-order valence-corrected chi connectivity index (χ0v) is 19.1. The van der Waals surface area contributed by atoms with E-state index in [1.54, 1.807) is 37.1 Å². The molecule has 0 saturated carbocycles. The first-order valence-corrected chi connectivity index (χ1v) is 10.9. The molecule has 9 heteroatoms. The van der Waals surface area contributed by atoms with E-state index in [1.165, 1.54) is 0 Å². The van der Waals surface area contributed by atoms with Crippen LogP contribution < -0.4 is 16.4 Å². The Kier molecular flexibility index (Phi) is 8.15. The molecule has 174 valence electrons. The summed E-state index contributed by atoms with van der Waals surface area (Å²) in [5, 5.41) is 9.76. The summed E-state index contributed by atoms with van der Waals surface area (Å²) >= 11 is 0. The van der Waals surface area contributed by atoms with Gasteiger partial charge in [0.25, 0.3) is 5.91 Å². The normalized spacial score (nSPS) is 12.7. The molecule has 0 saturated heterocycles. The Morgan fingerprint density at radius 3 is 2.61 bits per heavy atom. The number of anilines is 1. The number of amides is 2. The van der Waals surface area contributed by atoms with Gasteiger partial charge in [0, 0.05) is 37.1 Å². The topological polar surface area (TPSA) is 124 Å². The van der Waals surface area contributed by atoms with Gasteiger partial charge in [0.15, 0.2) is 0 Å². The fourth-order valence-electron chi connectivity index (χ4n) is 3.26. The summed E-state index contributed by atoms with van der Waals surface area (Å²) in [6, 6.07) is 10.4. The second kappa shape index (κ2) is 11.2. The second-order valence-electron chi connectivity index (χ2n) is 7.80. The van der Waals surface area contributed by atoms with Gasteiger partial charge in [0.05, 0.1) is 24.5 Å². The second-order valence-corrected chi connectivity index (χ2v) is 7.80. The van der Waals surface area contributed by atoms with E-state index in [1.807, 2.05) is 43.5 Å². The molecule has 2 atom stereocenters. The molecule has 0 radical (unpaired) electrons. The van der Waals surface area contributed by atoms with E-state index in [2.05, 4.69) is 20.7 Å². The van der Waals surface area contributed by atoms with Crippen molar-refractivity contribution in [2.45, 2.75) is 39.0 Å². The molecule has 0 fully saturated rings. The molecule has 1 aromatic carbocycles. The van der Waals surface area contributed by atoms with Crippen molar-refractivity contribution in [3.63, 3.8) is 0 Å². The van der Waals surface area contributed by atoms with Crippen LogP contribution >= 0.6 is 0 Å². The zero-order valence-electron chi connectivity index (χ0n) is 19.1. The van der Waals surface area contributed by atoms with Crippen molar-refractivity contribution in [1.29, 1.82) is 0 Å². The lowest BCUT2D eigenvalue weighted by molar-refractivity contribution is -0.126. The number of benzene rings is 1. The van der Waals surface area contributed by atoms with Crippen LogP contribution in [0.3, 0.4) is 0 Å². The number of rotatable bonds is 10. The Labute approximate surface area is 193 Å². The van der Waals surface area contributed by atoms with Crippen molar-refractivity contribution < 1.29 is 14.3 Å². The number of hydrogen-bond donors (Lipinski definition) is 3. The van der Waals surface area contributed by atoms with Crippen LogP contribution in [0.5, 0.6) is 0 Å². The van der Waals surface area contributed by atoms with Crippen molar-refractivity contribution in [2.75, 3.05) is 12.3 Å². The largest absolute Gasteiger partial charge is 0.383 e. The van der Waals surface area contributed by atoms with Crippen LogP contribution in [-0.2, 0) is 23.2 Å². The molecule has 0 bridgehead atoms. The summed E-state index contributed by atoms with van der Waals surface area (Å²) in [4.78, 5) is 30.1. The standard InChI is InChI=1S/C24H30N6O3/c1-4-10-26-24(32)21(16(2)33-15-17-8-6-5-7-9-17)29-23(31)20-11-18(12-27-22(20)25)19-13-28-30(3)14-19/h5-9,11-14,16,21H,4,10,15H2,1-3H3,(H2,25,27)(H,26,32)(H,29,31)/t16-,21?/m1/s1. The third kappa shape index (κ3) is 6.39. The minimum atomic E-state index is -0.908. The average molecular weight is 451 g/mol. The van der Waals surface area contributed by atoms with Gasteiger partial charge < -0.3 is 21.1 Å². The minimum absolute atomic E-state index is 0.0747. The molecule has 9 nitrogen and oxygen atoms in total. The average Bonchev–Trinajstić information content (AvgIpc) is 3.26.